The summed E-state index contributed by atoms with van der Waals surface area (Å²) in [5.74, 6) is 1.93. The summed E-state index contributed by atoms with van der Waals surface area (Å²) >= 11 is 0. The molecule has 0 spiro atoms. The van der Waals surface area contributed by atoms with Crippen LogP contribution in [-0.2, 0) is 22.6 Å². The van der Waals surface area contributed by atoms with Crippen LogP contribution in [0.4, 0.5) is 0 Å². The second kappa shape index (κ2) is 14.6. The van der Waals surface area contributed by atoms with Gasteiger partial charge in [0.05, 0.1) is 20.3 Å². The van der Waals surface area contributed by atoms with Gasteiger partial charge in [0.25, 0.3) is 5.91 Å². The Kier molecular flexibility index (Phi) is 10.2. The molecular formula is C34H39N3O6. The lowest BCUT2D eigenvalue weighted by Gasteiger charge is -2.38. The number of benzene rings is 3. The van der Waals surface area contributed by atoms with Gasteiger partial charge in [-0.05, 0) is 48.2 Å². The van der Waals surface area contributed by atoms with Gasteiger partial charge >= 0.3 is 0 Å². The van der Waals surface area contributed by atoms with Crippen molar-refractivity contribution in [3.8, 4) is 23.0 Å². The number of hydrogen-bond acceptors (Lipinski definition) is 7. The summed E-state index contributed by atoms with van der Waals surface area (Å²) in [6.07, 6.45) is 5.54. The maximum atomic E-state index is 13.2. The molecule has 3 aromatic rings. The molecule has 43 heavy (non-hydrogen) atoms. The monoisotopic (exact) mass is 585 g/mol. The van der Waals surface area contributed by atoms with E-state index < -0.39 is 0 Å². The van der Waals surface area contributed by atoms with Crippen molar-refractivity contribution in [2.75, 3.05) is 40.5 Å². The first kappa shape index (κ1) is 30.0. The van der Waals surface area contributed by atoms with Gasteiger partial charge in [-0.2, -0.15) is 0 Å². The molecule has 3 heterocycles. The molecule has 1 fully saturated rings. The van der Waals surface area contributed by atoms with Gasteiger partial charge in [-0.1, -0.05) is 48.6 Å². The number of amides is 2. The third kappa shape index (κ3) is 8.29. The van der Waals surface area contributed by atoms with Crippen LogP contribution in [-0.4, -0.2) is 69.3 Å². The van der Waals surface area contributed by atoms with Gasteiger partial charge in [-0.15, -0.1) is 0 Å². The van der Waals surface area contributed by atoms with Crippen molar-refractivity contribution in [1.29, 1.82) is 0 Å². The fourth-order valence-electron chi connectivity index (χ4n) is 5.39. The molecule has 2 atom stereocenters. The molecule has 3 aromatic carbocycles. The fraction of sp³-hybridized carbons (Fsp3) is 0.353. The zero-order valence-electron chi connectivity index (χ0n) is 24.7. The number of fused-ring (bicyclic) bond motifs is 9. The lowest BCUT2D eigenvalue weighted by molar-refractivity contribution is -0.125. The maximum Gasteiger partial charge on any atom is 0.258 e. The first-order valence-corrected chi connectivity index (χ1v) is 14.6. The molecule has 0 radical (unpaired) electrons. The number of methoxy groups -OCH3 is 2. The summed E-state index contributed by atoms with van der Waals surface area (Å²) in [7, 11) is 3.16. The normalized spacial score (nSPS) is 20.0. The molecule has 9 heteroatoms. The van der Waals surface area contributed by atoms with Gasteiger partial charge in [0.2, 0.25) is 5.91 Å². The molecule has 4 bridgehead atoms. The highest BCUT2D eigenvalue weighted by Crippen LogP contribution is 2.30. The maximum absolute atomic E-state index is 13.2. The number of likely N-dealkylation sites (tertiary alicyclic amines) is 1. The molecule has 3 aliphatic rings. The first-order chi connectivity index (χ1) is 21.0. The number of hydrogen-bond donors (Lipinski definition) is 2. The Morgan fingerprint density at radius 3 is 2.60 bits per heavy atom. The Morgan fingerprint density at radius 1 is 0.953 bits per heavy atom. The summed E-state index contributed by atoms with van der Waals surface area (Å²) in [6, 6.07) is 21.1. The van der Waals surface area contributed by atoms with Crippen molar-refractivity contribution in [1.82, 2.24) is 15.5 Å². The minimum atomic E-state index is -0.268. The Hall–Kier alpha value is -4.50. The van der Waals surface area contributed by atoms with Crippen molar-refractivity contribution in [2.24, 2.45) is 0 Å². The van der Waals surface area contributed by atoms with Crippen LogP contribution in [0.5, 0.6) is 23.0 Å². The summed E-state index contributed by atoms with van der Waals surface area (Å²) < 4.78 is 23.5. The second-order valence-electron chi connectivity index (χ2n) is 10.7. The SMILES string of the molecule is COc1cc2ccc1CNC(=O)CCc1ccc(OC)c(c1)OCC(=O)N[C@@H]1CN(C/C=C/c3ccccc3)CC[C@@H]1O2. The van der Waals surface area contributed by atoms with Gasteiger partial charge in [0.15, 0.2) is 18.1 Å². The minimum absolute atomic E-state index is 0.0776. The second-order valence-corrected chi connectivity index (χ2v) is 10.7. The Bertz CT molecular complexity index is 1430. The van der Waals surface area contributed by atoms with Crippen molar-refractivity contribution < 1.29 is 28.5 Å². The van der Waals surface area contributed by atoms with Crippen LogP contribution in [0.2, 0.25) is 0 Å². The molecule has 0 aromatic heterocycles. The summed E-state index contributed by atoms with van der Waals surface area (Å²) in [6.45, 7) is 2.35. The number of rotatable bonds is 5. The number of nitrogens with one attached hydrogen (secondary N) is 2. The van der Waals surface area contributed by atoms with Crippen LogP contribution in [0, 0.1) is 0 Å². The standard InChI is InChI=1S/C34H39N3O6/c1-40-30-14-10-25-11-15-33(38)35-21-26-12-13-27(20-31(26)41-2)43-29-16-18-37(17-6-9-24-7-4-3-5-8-24)22-28(29)36-34(39)23-42-32(30)19-25/h3-10,12-14,19-20,28-29H,11,15-18,21-23H2,1-2H3,(H,35,38)(H,36,39)/b9-6+/t28-,29+/m1/s1. The Labute approximate surface area is 252 Å². The number of ether oxygens (including phenoxy) is 4. The average Bonchev–Trinajstić information content (AvgIpc) is 3.03. The van der Waals surface area contributed by atoms with Gasteiger partial charge in [0, 0.05) is 44.2 Å². The minimum Gasteiger partial charge on any atom is -0.496 e. The molecule has 0 saturated carbocycles. The van der Waals surface area contributed by atoms with Gasteiger partial charge in [-0.25, -0.2) is 0 Å². The third-order valence-corrected chi connectivity index (χ3v) is 7.70. The van der Waals surface area contributed by atoms with Crippen molar-refractivity contribution in [3.05, 3.63) is 89.5 Å². The molecule has 3 aliphatic heterocycles. The third-order valence-electron chi connectivity index (χ3n) is 7.70. The van der Waals surface area contributed by atoms with Gasteiger partial charge in [0.1, 0.15) is 17.6 Å². The van der Waals surface area contributed by atoms with Crippen LogP contribution in [0.3, 0.4) is 0 Å². The van der Waals surface area contributed by atoms with E-state index in [1.54, 1.807) is 20.3 Å². The van der Waals surface area contributed by atoms with E-state index in [4.69, 9.17) is 18.9 Å². The molecule has 0 unspecified atom stereocenters. The lowest BCUT2D eigenvalue weighted by atomic mass is 10.0. The summed E-state index contributed by atoms with van der Waals surface area (Å²) in [5.41, 5.74) is 2.91. The first-order valence-electron chi connectivity index (χ1n) is 14.6. The summed E-state index contributed by atoms with van der Waals surface area (Å²) in [4.78, 5) is 28.1. The highest BCUT2D eigenvalue weighted by molar-refractivity contribution is 5.78. The highest BCUT2D eigenvalue weighted by atomic mass is 16.5. The molecule has 9 nitrogen and oxygen atoms in total. The number of carbonyl (C=O) groups is 2. The lowest BCUT2D eigenvalue weighted by Crippen LogP contribution is -2.57. The van der Waals surface area contributed by atoms with E-state index in [1.807, 2.05) is 48.5 Å². The van der Waals surface area contributed by atoms with E-state index >= 15 is 0 Å². The van der Waals surface area contributed by atoms with E-state index in [2.05, 4.69) is 39.8 Å². The quantitative estimate of drug-likeness (QED) is 0.467. The predicted molar refractivity (Wildman–Crippen MR) is 165 cm³/mol. The van der Waals surface area contributed by atoms with E-state index in [1.165, 1.54) is 0 Å². The average molecular weight is 586 g/mol. The smallest absolute Gasteiger partial charge is 0.258 e. The van der Waals surface area contributed by atoms with Crippen LogP contribution in [0.25, 0.3) is 6.08 Å². The fourth-order valence-corrected chi connectivity index (χ4v) is 5.39. The van der Waals surface area contributed by atoms with Crippen molar-refractivity contribution >= 4 is 17.9 Å². The van der Waals surface area contributed by atoms with Crippen molar-refractivity contribution in [2.45, 2.75) is 38.0 Å². The number of piperidine rings is 1. The van der Waals surface area contributed by atoms with Crippen LogP contribution in [0.15, 0.2) is 72.8 Å². The van der Waals surface area contributed by atoms with E-state index in [0.29, 0.717) is 48.9 Å². The Balaban J connectivity index is 1.36. The zero-order chi connectivity index (χ0) is 30.0. The van der Waals surface area contributed by atoms with E-state index in [9.17, 15) is 9.59 Å². The molecule has 1 saturated heterocycles. The molecule has 2 N–H and O–H groups in total. The number of aryl methyl sites for hydroxylation is 1. The number of nitrogens with zero attached hydrogens (tertiary/aromatic N) is 1. The zero-order valence-corrected chi connectivity index (χ0v) is 24.7. The van der Waals surface area contributed by atoms with Gasteiger partial charge in [-0.3, -0.25) is 14.5 Å². The van der Waals surface area contributed by atoms with Crippen LogP contribution < -0.4 is 29.6 Å². The molecule has 226 valence electrons. The van der Waals surface area contributed by atoms with Crippen LogP contribution in [0.1, 0.15) is 29.5 Å². The largest absolute Gasteiger partial charge is 0.496 e. The highest BCUT2D eigenvalue weighted by Gasteiger charge is 2.32. The number of carbonyl (C=O) groups excluding carboxylic acids is 2. The molecule has 2 amide bonds. The molecular weight excluding hydrogens is 546 g/mol. The van der Waals surface area contributed by atoms with Gasteiger partial charge < -0.3 is 29.6 Å². The van der Waals surface area contributed by atoms with Crippen LogP contribution >= 0.6 is 0 Å². The predicted octanol–water partition coefficient (Wildman–Crippen LogP) is 4.00. The Morgan fingerprint density at radius 2 is 1.79 bits per heavy atom. The summed E-state index contributed by atoms with van der Waals surface area (Å²) in [5, 5.41) is 6.14. The van der Waals surface area contributed by atoms with E-state index in [0.717, 1.165) is 36.2 Å². The van der Waals surface area contributed by atoms with Crippen molar-refractivity contribution in [3.63, 3.8) is 0 Å². The van der Waals surface area contributed by atoms with E-state index in [-0.39, 0.29) is 30.6 Å². The molecule has 6 rings (SSSR count). The topological polar surface area (TPSA) is 98.4 Å². The molecule has 0 aliphatic carbocycles.